The Labute approximate surface area is 111 Å². The van der Waals surface area contributed by atoms with Crippen molar-refractivity contribution in [1.82, 2.24) is 9.55 Å². The number of carboxylic acid groups (broad SMARTS) is 1. The Morgan fingerprint density at radius 2 is 2.11 bits per heavy atom. The summed E-state index contributed by atoms with van der Waals surface area (Å²) < 4.78 is 2.10. The molecule has 0 spiro atoms. The molecule has 0 radical (unpaired) electrons. The molecule has 1 N–H and O–H groups in total. The Morgan fingerprint density at radius 3 is 2.79 bits per heavy atom. The smallest absolute Gasteiger partial charge is 0.356 e. The molecule has 1 atom stereocenters. The van der Waals surface area contributed by atoms with E-state index >= 15 is 0 Å². The van der Waals surface area contributed by atoms with Gasteiger partial charge in [0.15, 0.2) is 5.69 Å². The molecule has 4 heteroatoms. The first kappa shape index (κ1) is 12.0. The number of benzene rings is 1. The lowest BCUT2D eigenvalue weighted by Crippen LogP contribution is -2.17. The van der Waals surface area contributed by atoms with Gasteiger partial charge in [0.05, 0.1) is 5.69 Å². The summed E-state index contributed by atoms with van der Waals surface area (Å²) in [5.41, 5.74) is 2.06. The predicted octanol–water partition coefficient (Wildman–Crippen LogP) is 3.15. The summed E-state index contributed by atoms with van der Waals surface area (Å²) in [7, 11) is 0. The van der Waals surface area contributed by atoms with Crippen LogP contribution in [0.25, 0.3) is 11.4 Å². The maximum Gasteiger partial charge on any atom is 0.356 e. The van der Waals surface area contributed by atoms with Crippen LogP contribution >= 0.6 is 0 Å². The highest BCUT2D eigenvalue weighted by atomic mass is 16.4. The third-order valence-corrected chi connectivity index (χ3v) is 3.72. The molecule has 0 fully saturated rings. The topological polar surface area (TPSA) is 55.1 Å². The number of carboxylic acids is 1. The van der Waals surface area contributed by atoms with Crippen LogP contribution in [-0.4, -0.2) is 20.6 Å². The van der Waals surface area contributed by atoms with Crippen molar-refractivity contribution in [3.63, 3.8) is 0 Å². The number of nitrogens with zero attached hydrogens (tertiary/aromatic N) is 2. The van der Waals surface area contributed by atoms with Crippen molar-refractivity contribution < 1.29 is 9.90 Å². The van der Waals surface area contributed by atoms with Crippen molar-refractivity contribution >= 4 is 5.97 Å². The first-order valence-corrected chi connectivity index (χ1v) is 6.58. The average molecular weight is 256 g/mol. The number of aromatic nitrogens is 2. The Hall–Kier alpha value is -2.10. The molecule has 1 aliphatic rings. The Morgan fingerprint density at radius 1 is 1.37 bits per heavy atom. The van der Waals surface area contributed by atoms with Gasteiger partial charge in [0.1, 0.15) is 5.82 Å². The Balaban J connectivity index is 2.23. The molecule has 0 saturated carbocycles. The standard InChI is InChI=1S/C15H16N2O2/c1-10-6-5-9-12-13(15(18)19)16-14(17(10)12)11-7-3-2-4-8-11/h2-4,7-8,10H,5-6,9H2,1H3,(H,18,19). The molecule has 3 rings (SSSR count). The minimum Gasteiger partial charge on any atom is -0.476 e. The minimum absolute atomic E-state index is 0.213. The summed E-state index contributed by atoms with van der Waals surface area (Å²) in [5.74, 6) is -0.153. The number of imidazole rings is 1. The van der Waals surface area contributed by atoms with Crippen molar-refractivity contribution in [1.29, 1.82) is 0 Å². The zero-order chi connectivity index (χ0) is 13.4. The van der Waals surface area contributed by atoms with Gasteiger partial charge in [-0.05, 0) is 26.2 Å². The third kappa shape index (κ3) is 1.93. The molecule has 1 unspecified atom stereocenters. The zero-order valence-corrected chi connectivity index (χ0v) is 10.8. The fourth-order valence-corrected chi connectivity index (χ4v) is 2.84. The lowest BCUT2D eigenvalue weighted by molar-refractivity contribution is 0.0689. The number of hydrogen-bond acceptors (Lipinski definition) is 2. The van der Waals surface area contributed by atoms with E-state index in [1.54, 1.807) is 0 Å². The fraction of sp³-hybridized carbons (Fsp3) is 0.333. The Kier molecular flexibility index (Phi) is 2.85. The Bertz CT molecular complexity index is 617. The molecule has 2 aromatic rings. The van der Waals surface area contributed by atoms with Crippen molar-refractivity contribution in [2.24, 2.45) is 0 Å². The third-order valence-electron chi connectivity index (χ3n) is 3.72. The normalized spacial score (nSPS) is 18.1. The first-order valence-electron chi connectivity index (χ1n) is 6.58. The maximum absolute atomic E-state index is 11.3. The highest BCUT2D eigenvalue weighted by Gasteiger charge is 2.27. The highest BCUT2D eigenvalue weighted by Crippen LogP contribution is 2.33. The second-order valence-corrected chi connectivity index (χ2v) is 5.01. The summed E-state index contributed by atoms with van der Waals surface area (Å²) in [6, 6.07) is 10.1. The van der Waals surface area contributed by atoms with Gasteiger partial charge in [-0.2, -0.15) is 0 Å². The van der Waals surface area contributed by atoms with Crippen molar-refractivity contribution in [2.75, 3.05) is 0 Å². The number of fused-ring (bicyclic) bond motifs is 1. The van der Waals surface area contributed by atoms with Crippen molar-refractivity contribution in [2.45, 2.75) is 32.2 Å². The quantitative estimate of drug-likeness (QED) is 0.898. The molecule has 0 saturated heterocycles. The van der Waals surface area contributed by atoms with E-state index in [0.29, 0.717) is 6.04 Å². The van der Waals surface area contributed by atoms with Crippen LogP contribution in [0.15, 0.2) is 30.3 Å². The van der Waals surface area contributed by atoms with E-state index in [-0.39, 0.29) is 5.69 Å². The van der Waals surface area contributed by atoms with E-state index in [2.05, 4.69) is 16.5 Å². The molecular weight excluding hydrogens is 240 g/mol. The van der Waals surface area contributed by atoms with Crippen LogP contribution < -0.4 is 0 Å². The molecule has 19 heavy (non-hydrogen) atoms. The van der Waals surface area contributed by atoms with E-state index in [1.165, 1.54) is 0 Å². The molecule has 0 bridgehead atoms. The van der Waals surface area contributed by atoms with Crippen LogP contribution in [-0.2, 0) is 6.42 Å². The van der Waals surface area contributed by atoms with Gasteiger partial charge in [-0.15, -0.1) is 0 Å². The molecule has 1 aliphatic heterocycles. The predicted molar refractivity (Wildman–Crippen MR) is 72.3 cm³/mol. The van der Waals surface area contributed by atoms with Gasteiger partial charge in [-0.25, -0.2) is 9.78 Å². The number of hydrogen-bond donors (Lipinski definition) is 1. The molecule has 1 aromatic carbocycles. The largest absolute Gasteiger partial charge is 0.476 e. The van der Waals surface area contributed by atoms with Crippen LogP contribution in [0.2, 0.25) is 0 Å². The number of carbonyl (C=O) groups is 1. The molecular formula is C15H16N2O2. The fourth-order valence-electron chi connectivity index (χ4n) is 2.84. The van der Waals surface area contributed by atoms with Crippen LogP contribution in [0.3, 0.4) is 0 Å². The second kappa shape index (κ2) is 4.53. The second-order valence-electron chi connectivity index (χ2n) is 5.01. The van der Waals surface area contributed by atoms with Gasteiger partial charge in [0.2, 0.25) is 0 Å². The van der Waals surface area contributed by atoms with Gasteiger partial charge in [-0.1, -0.05) is 30.3 Å². The number of rotatable bonds is 2. The van der Waals surface area contributed by atoms with Gasteiger partial charge in [-0.3, -0.25) is 0 Å². The highest BCUT2D eigenvalue weighted by molar-refractivity contribution is 5.88. The monoisotopic (exact) mass is 256 g/mol. The lowest BCUT2D eigenvalue weighted by atomic mass is 10.0. The summed E-state index contributed by atoms with van der Waals surface area (Å²) in [4.78, 5) is 15.7. The number of aromatic carboxylic acids is 1. The van der Waals surface area contributed by atoms with E-state index in [4.69, 9.17) is 0 Å². The lowest BCUT2D eigenvalue weighted by Gasteiger charge is -2.24. The SMILES string of the molecule is CC1CCCc2c(C(=O)O)nc(-c3ccccc3)n21. The van der Waals surface area contributed by atoms with Crippen molar-refractivity contribution in [3.05, 3.63) is 41.7 Å². The minimum atomic E-state index is -0.931. The first-order chi connectivity index (χ1) is 9.18. The van der Waals surface area contributed by atoms with Gasteiger partial charge in [0.25, 0.3) is 0 Å². The summed E-state index contributed by atoms with van der Waals surface area (Å²) in [5, 5.41) is 9.31. The van der Waals surface area contributed by atoms with E-state index in [9.17, 15) is 9.90 Å². The van der Waals surface area contributed by atoms with Crippen LogP contribution in [0.1, 0.15) is 42.0 Å². The average Bonchev–Trinajstić information content (AvgIpc) is 2.81. The van der Waals surface area contributed by atoms with E-state index in [0.717, 1.165) is 36.3 Å². The van der Waals surface area contributed by atoms with Gasteiger partial charge < -0.3 is 9.67 Å². The summed E-state index contributed by atoms with van der Waals surface area (Å²) in [6.07, 6.45) is 2.90. The molecule has 0 aliphatic carbocycles. The van der Waals surface area contributed by atoms with Crippen LogP contribution in [0.4, 0.5) is 0 Å². The van der Waals surface area contributed by atoms with Gasteiger partial charge >= 0.3 is 5.97 Å². The zero-order valence-electron chi connectivity index (χ0n) is 10.8. The molecule has 2 heterocycles. The van der Waals surface area contributed by atoms with Crippen LogP contribution in [0.5, 0.6) is 0 Å². The van der Waals surface area contributed by atoms with E-state index < -0.39 is 5.97 Å². The summed E-state index contributed by atoms with van der Waals surface area (Å²) >= 11 is 0. The molecule has 98 valence electrons. The van der Waals surface area contributed by atoms with E-state index in [1.807, 2.05) is 30.3 Å². The van der Waals surface area contributed by atoms with Gasteiger partial charge in [0, 0.05) is 11.6 Å². The molecule has 4 nitrogen and oxygen atoms in total. The van der Waals surface area contributed by atoms with Crippen molar-refractivity contribution in [3.8, 4) is 11.4 Å². The molecule has 1 aromatic heterocycles. The maximum atomic E-state index is 11.3. The summed E-state index contributed by atoms with van der Waals surface area (Å²) in [6.45, 7) is 2.13. The van der Waals surface area contributed by atoms with Crippen LogP contribution in [0, 0.1) is 0 Å². The molecule has 0 amide bonds.